The van der Waals surface area contributed by atoms with Crippen LogP contribution in [0.2, 0.25) is 10.0 Å². The number of amides is 1. The summed E-state index contributed by atoms with van der Waals surface area (Å²) in [5, 5.41) is 6.80. The van der Waals surface area contributed by atoms with E-state index in [4.69, 9.17) is 27.9 Å². The number of carbonyl (C=O) groups is 1. The van der Waals surface area contributed by atoms with Crippen molar-refractivity contribution in [2.45, 2.75) is 6.42 Å². The summed E-state index contributed by atoms with van der Waals surface area (Å²) >= 11 is 11.8. The summed E-state index contributed by atoms with van der Waals surface area (Å²) in [4.78, 5) is 11.9. The normalized spacial score (nSPS) is 10.4. The Bertz CT molecular complexity index is 660. The monoisotopic (exact) mass is 352 g/mol. The minimum Gasteiger partial charge on any atom is -0.497 e. The maximum Gasteiger partial charge on any atom is 0.238 e. The van der Waals surface area contributed by atoms with Crippen LogP contribution in [0, 0.1) is 0 Å². The molecule has 0 aromatic heterocycles. The smallest absolute Gasteiger partial charge is 0.238 e. The van der Waals surface area contributed by atoms with E-state index in [0.29, 0.717) is 22.3 Å². The van der Waals surface area contributed by atoms with Crippen molar-refractivity contribution in [3.8, 4) is 5.75 Å². The van der Waals surface area contributed by atoms with E-state index in [1.807, 2.05) is 24.3 Å². The SMILES string of the molecule is COc1ccc(CCNCC(=O)Nc2ccc(Cl)cc2Cl)cc1. The number of hydrogen-bond acceptors (Lipinski definition) is 3. The van der Waals surface area contributed by atoms with Crippen LogP contribution in [0.4, 0.5) is 5.69 Å². The molecule has 0 heterocycles. The van der Waals surface area contributed by atoms with Gasteiger partial charge in [0.1, 0.15) is 5.75 Å². The van der Waals surface area contributed by atoms with Gasteiger partial charge in [0, 0.05) is 5.02 Å². The van der Waals surface area contributed by atoms with E-state index in [1.54, 1.807) is 25.3 Å². The summed E-state index contributed by atoms with van der Waals surface area (Å²) < 4.78 is 5.11. The number of methoxy groups -OCH3 is 1. The van der Waals surface area contributed by atoms with Crippen molar-refractivity contribution in [2.24, 2.45) is 0 Å². The van der Waals surface area contributed by atoms with Gasteiger partial charge in [-0.25, -0.2) is 0 Å². The second kappa shape index (κ2) is 8.77. The van der Waals surface area contributed by atoms with Crippen LogP contribution in [0.15, 0.2) is 42.5 Å². The van der Waals surface area contributed by atoms with Gasteiger partial charge in [0.15, 0.2) is 0 Å². The van der Waals surface area contributed by atoms with Crippen LogP contribution in [-0.2, 0) is 11.2 Å². The third kappa shape index (κ3) is 5.75. The first-order valence-electron chi connectivity index (χ1n) is 7.17. The topological polar surface area (TPSA) is 50.4 Å². The molecule has 122 valence electrons. The third-order valence-corrected chi connectivity index (χ3v) is 3.79. The van der Waals surface area contributed by atoms with Gasteiger partial charge in [-0.15, -0.1) is 0 Å². The number of carbonyl (C=O) groups excluding carboxylic acids is 1. The molecule has 4 nitrogen and oxygen atoms in total. The van der Waals surface area contributed by atoms with E-state index in [-0.39, 0.29) is 12.5 Å². The predicted octanol–water partition coefficient (Wildman–Crippen LogP) is 3.77. The zero-order chi connectivity index (χ0) is 16.7. The maximum absolute atomic E-state index is 11.9. The number of ether oxygens (including phenoxy) is 1. The lowest BCUT2D eigenvalue weighted by Gasteiger charge is -2.09. The Morgan fingerprint density at radius 3 is 2.52 bits per heavy atom. The van der Waals surface area contributed by atoms with Crippen LogP contribution in [0.5, 0.6) is 5.75 Å². The molecule has 0 unspecified atom stereocenters. The van der Waals surface area contributed by atoms with Crippen LogP contribution >= 0.6 is 23.2 Å². The molecule has 0 aliphatic heterocycles. The molecule has 2 N–H and O–H groups in total. The highest BCUT2D eigenvalue weighted by Crippen LogP contribution is 2.25. The van der Waals surface area contributed by atoms with E-state index in [2.05, 4.69) is 10.6 Å². The van der Waals surface area contributed by atoms with Gasteiger partial charge in [0.2, 0.25) is 5.91 Å². The number of hydrogen-bond donors (Lipinski definition) is 2. The molecule has 1 amide bonds. The molecule has 0 aliphatic rings. The van der Waals surface area contributed by atoms with E-state index in [1.165, 1.54) is 5.56 Å². The molecule has 0 spiro atoms. The molecule has 0 fully saturated rings. The van der Waals surface area contributed by atoms with Crippen molar-refractivity contribution in [1.82, 2.24) is 5.32 Å². The molecule has 0 bridgehead atoms. The fourth-order valence-electron chi connectivity index (χ4n) is 2.01. The van der Waals surface area contributed by atoms with Crippen molar-refractivity contribution in [1.29, 1.82) is 0 Å². The largest absolute Gasteiger partial charge is 0.497 e. The summed E-state index contributed by atoms with van der Waals surface area (Å²) in [5.41, 5.74) is 1.73. The molecule has 0 saturated carbocycles. The minimum atomic E-state index is -0.149. The van der Waals surface area contributed by atoms with Crippen molar-refractivity contribution in [2.75, 3.05) is 25.5 Å². The molecular formula is C17H18Cl2N2O2. The maximum atomic E-state index is 11.9. The van der Waals surface area contributed by atoms with Crippen LogP contribution in [0.25, 0.3) is 0 Å². The number of anilines is 1. The lowest BCUT2D eigenvalue weighted by Crippen LogP contribution is -2.29. The highest BCUT2D eigenvalue weighted by atomic mass is 35.5. The first-order valence-corrected chi connectivity index (χ1v) is 7.92. The van der Waals surface area contributed by atoms with E-state index in [0.717, 1.165) is 12.2 Å². The molecule has 6 heteroatoms. The van der Waals surface area contributed by atoms with Gasteiger partial charge < -0.3 is 15.4 Å². The predicted molar refractivity (Wildman–Crippen MR) is 94.7 cm³/mol. The van der Waals surface area contributed by atoms with Gasteiger partial charge >= 0.3 is 0 Å². The standard InChI is InChI=1S/C17H18Cl2N2O2/c1-23-14-5-2-12(3-6-14)8-9-20-11-17(22)21-16-7-4-13(18)10-15(16)19/h2-7,10,20H,8-9,11H2,1H3,(H,21,22). The second-order valence-corrected chi connectivity index (χ2v) is 5.79. The fraction of sp³-hybridized carbons (Fsp3) is 0.235. The zero-order valence-electron chi connectivity index (χ0n) is 12.7. The van der Waals surface area contributed by atoms with Crippen molar-refractivity contribution in [3.63, 3.8) is 0 Å². The Kier molecular flexibility index (Phi) is 6.71. The van der Waals surface area contributed by atoms with Crippen LogP contribution < -0.4 is 15.4 Å². The first kappa shape index (κ1) is 17.6. The van der Waals surface area contributed by atoms with Gasteiger partial charge in [-0.05, 0) is 48.9 Å². The number of rotatable bonds is 7. The van der Waals surface area contributed by atoms with Gasteiger partial charge in [-0.3, -0.25) is 4.79 Å². The van der Waals surface area contributed by atoms with Crippen LogP contribution in [0.3, 0.4) is 0 Å². The first-order chi connectivity index (χ1) is 11.1. The highest BCUT2D eigenvalue weighted by molar-refractivity contribution is 6.36. The Labute approximate surface area is 145 Å². The Hall–Kier alpha value is -1.75. The lowest BCUT2D eigenvalue weighted by molar-refractivity contribution is -0.115. The number of halogens is 2. The molecule has 2 aromatic rings. The lowest BCUT2D eigenvalue weighted by atomic mass is 10.1. The quantitative estimate of drug-likeness (QED) is 0.745. The van der Waals surface area contributed by atoms with Gasteiger partial charge in [-0.2, -0.15) is 0 Å². The van der Waals surface area contributed by atoms with Crippen molar-refractivity contribution >= 4 is 34.8 Å². The molecule has 0 radical (unpaired) electrons. The zero-order valence-corrected chi connectivity index (χ0v) is 14.2. The van der Waals surface area contributed by atoms with E-state index < -0.39 is 0 Å². The third-order valence-electron chi connectivity index (χ3n) is 3.24. The molecule has 0 atom stereocenters. The molecule has 0 aliphatic carbocycles. The van der Waals surface area contributed by atoms with Crippen LogP contribution in [0.1, 0.15) is 5.56 Å². The van der Waals surface area contributed by atoms with Gasteiger partial charge in [0.25, 0.3) is 0 Å². The highest BCUT2D eigenvalue weighted by Gasteiger charge is 2.06. The molecule has 2 aromatic carbocycles. The summed E-state index contributed by atoms with van der Waals surface area (Å²) in [6.45, 7) is 0.920. The summed E-state index contributed by atoms with van der Waals surface area (Å²) in [6.07, 6.45) is 0.832. The van der Waals surface area contributed by atoms with E-state index in [9.17, 15) is 4.79 Å². The average Bonchev–Trinajstić information content (AvgIpc) is 2.55. The fourth-order valence-corrected chi connectivity index (χ4v) is 2.47. The van der Waals surface area contributed by atoms with Crippen molar-refractivity contribution in [3.05, 3.63) is 58.1 Å². The molecule has 23 heavy (non-hydrogen) atoms. The van der Waals surface area contributed by atoms with Crippen LogP contribution in [-0.4, -0.2) is 26.1 Å². The minimum absolute atomic E-state index is 0.149. The summed E-state index contributed by atoms with van der Waals surface area (Å²) in [7, 11) is 1.64. The Morgan fingerprint density at radius 2 is 1.87 bits per heavy atom. The average molecular weight is 353 g/mol. The summed E-state index contributed by atoms with van der Waals surface area (Å²) in [5.74, 6) is 0.685. The molecular weight excluding hydrogens is 335 g/mol. The summed E-state index contributed by atoms with van der Waals surface area (Å²) in [6, 6.07) is 12.8. The Morgan fingerprint density at radius 1 is 1.13 bits per heavy atom. The van der Waals surface area contributed by atoms with E-state index >= 15 is 0 Å². The number of benzene rings is 2. The Balaban J connectivity index is 1.72. The van der Waals surface area contributed by atoms with Gasteiger partial charge in [0.05, 0.1) is 24.4 Å². The molecule has 0 saturated heterocycles. The second-order valence-electron chi connectivity index (χ2n) is 4.95. The van der Waals surface area contributed by atoms with Crippen molar-refractivity contribution < 1.29 is 9.53 Å². The van der Waals surface area contributed by atoms with Gasteiger partial charge in [-0.1, -0.05) is 35.3 Å². The number of nitrogens with one attached hydrogen (secondary N) is 2. The molecule has 2 rings (SSSR count).